The molecule has 0 aromatic carbocycles. The van der Waals surface area contributed by atoms with Crippen LogP contribution in [0.15, 0.2) is 12.7 Å². The van der Waals surface area contributed by atoms with Crippen molar-refractivity contribution in [2.75, 3.05) is 0 Å². The second-order valence-corrected chi connectivity index (χ2v) is 4.24. The largest absolute Gasteiger partial charge is 0.460 e. The molecule has 0 saturated heterocycles. The van der Waals surface area contributed by atoms with E-state index in [0.29, 0.717) is 0 Å². The predicted molar refractivity (Wildman–Crippen MR) is 54.2 cm³/mol. The second kappa shape index (κ2) is 6.26. The van der Waals surface area contributed by atoms with Crippen LogP contribution in [0.25, 0.3) is 0 Å². The van der Waals surface area contributed by atoms with Crippen LogP contribution in [0, 0.1) is 0 Å². The van der Waals surface area contributed by atoms with E-state index in [1.54, 1.807) is 0 Å². The van der Waals surface area contributed by atoms with E-state index in [0.717, 1.165) is 0 Å². The van der Waals surface area contributed by atoms with Gasteiger partial charge < -0.3 is 0 Å². The first-order valence-corrected chi connectivity index (χ1v) is 5.65. The SMILES string of the molecule is C1CCCC1.C=CC(F)(F)C(F)(F)C(F)(F)C(F)(F)F. The zero-order valence-corrected chi connectivity index (χ0v) is 10.2. The molecule has 0 nitrogen and oxygen atoms in total. The molecule has 1 aliphatic rings. The van der Waals surface area contributed by atoms with Gasteiger partial charge in [-0.2, -0.15) is 39.5 Å². The lowest BCUT2D eigenvalue weighted by atomic mass is 10.0. The van der Waals surface area contributed by atoms with Gasteiger partial charge in [0.2, 0.25) is 0 Å². The highest BCUT2D eigenvalue weighted by molar-refractivity contribution is 5.07. The van der Waals surface area contributed by atoms with Crippen molar-refractivity contribution in [3.8, 4) is 0 Å². The van der Waals surface area contributed by atoms with Gasteiger partial charge in [-0.25, -0.2) is 0 Å². The molecule has 0 aliphatic heterocycles. The van der Waals surface area contributed by atoms with E-state index in [-0.39, 0.29) is 0 Å². The topological polar surface area (TPSA) is 0 Å². The number of alkyl halides is 9. The molecule has 1 rings (SSSR count). The quantitative estimate of drug-likeness (QED) is 0.470. The Morgan fingerprint density at radius 3 is 1.10 bits per heavy atom. The maximum atomic E-state index is 12.2. The molecule has 20 heavy (non-hydrogen) atoms. The molecule has 1 saturated carbocycles. The fourth-order valence-electron chi connectivity index (χ4n) is 1.40. The highest BCUT2D eigenvalue weighted by Crippen LogP contribution is 2.53. The highest BCUT2D eigenvalue weighted by Gasteiger charge is 2.80. The van der Waals surface area contributed by atoms with Crippen LogP contribution in [-0.2, 0) is 0 Å². The smallest absolute Gasteiger partial charge is 0.195 e. The van der Waals surface area contributed by atoms with Crippen LogP contribution in [-0.4, -0.2) is 23.9 Å². The van der Waals surface area contributed by atoms with Crippen LogP contribution in [0.5, 0.6) is 0 Å². The first-order valence-electron chi connectivity index (χ1n) is 5.65. The van der Waals surface area contributed by atoms with E-state index < -0.39 is 30.0 Å². The molecule has 0 aromatic heterocycles. The summed E-state index contributed by atoms with van der Waals surface area (Å²) < 4.78 is 107. The van der Waals surface area contributed by atoms with Gasteiger partial charge in [0.1, 0.15) is 0 Å². The lowest BCUT2D eigenvalue weighted by Crippen LogP contribution is -2.60. The molecule has 0 aromatic rings. The van der Waals surface area contributed by atoms with Crippen LogP contribution < -0.4 is 0 Å². The van der Waals surface area contributed by atoms with Gasteiger partial charge in [-0.1, -0.05) is 38.7 Å². The molecular weight excluding hydrogens is 303 g/mol. The summed E-state index contributed by atoms with van der Waals surface area (Å²) in [7, 11) is 0. The van der Waals surface area contributed by atoms with Crippen molar-refractivity contribution in [3.05, 3.63) is 12.7 Å². The summed E-state index contributed by atoms with van der Waals surface area (Å²) in [6, 6.07) is 0. The van der Waals surface area contributed by atoms with Crippen LogP contribution >= 0.6 is 0 Å². The first kappa shape index (κ1) is 19.1. The Morgan fingerprint density at radius 2 is 0.900 bits per heavy atom. The molecular formula is C11H13F9. The summed E-state index contributed by atoms with van der Waals surface area (Å²) in [5, 5.41) is 0. The number of hydrogen-bond donors (Lipinski definition) is 0. The van der Waals surface area contributed by atoms with Gasteiger partial charge in [-0.3, -0.25) is 0 Å². The maximum absolute atomic E-state index is 12.2. The maximum Gasteiger partial charge on any atom is 0.460 e. The Balaban J connectivity index is 0.000000595. The van der Waals surface area contributed by atoms with Crippen molar-refractivity contribution in [2.24, 2.45) is 0 Å². The third kappa shape index (κ3) is 3.82. The Bertz CT molecular complexity index is 305. The number of hydrogen-bond acceptors (Lipinski definition) is 0. The zero-order valence-electron chi connectivity index (χ0n) is 10.2. The van der Waals surface area contributed by atoms with Crippen LogP contribution in [0.4, 0.5) is 39.5 Å². The minimum absolute atomic E-state index is 0.966. The summed E-state index contributed by atoms with van der Waals surface area (Å²) in [6.07, 6.45) is -0.240. The van der Waals surface area contributed by atoms with Crippen LogP contribution in [0.3, 0.4) is 0 Å². The van der Waals surface area contributed by atoms with Crippen molar-refractivity contribution in [3.63, 3.8) is 0 Å². The van der Waals surface area contributed by atoms with E-state index in [4.69, 9.17) is 0 Å². The molecule has 0 amide bonds. The van der Waals surface area contributed by atoms with Crippen molar-refractivity contribution in [1.29, 1.82) is 0 Å². The highest BCUT2D eigenvalue weighted by atomic mass is 19.4. The normalized spacial score (nSPS) is 17.4. The van der Waals surface area contributed by atoms with Crippen molar-refractivity contribution in [1.82, 2.24) is 0 Å². The molecule has 1 aliphatic carbocycles. The Kier molecular flexibility index (Phi) is 5.98. The first-order chi connectivity index (χ1) is 8.81. The lowest BCUT2D eigenvalue weighted by Gasteiger charge is -2.31. The second-order valence-electron chi connectivity index (χ2n) is 4.24. The third-order valence-electron chi connectivity index (χ3n) is 2.68. The fraction of sp³-hybridized carbons (Fsp3) is 0.818. The molecule has 120 valence electrons. The van der Waals surface area contributed by atoms with Crippen LogP contribution in [0.1, 0.15) is 32.1 Å². The van der Waals surface area contributed by atoms with Gasteiger partial charge >= 0.3 is 23.9 Å². The fourth-order valence-corrected chi connectivity index (χ4v) is 1.40. The zero-order chi connectivity index (χ0) is 16.2. The molecule has 1 fully saturated rings. The van der Waals surface area contributed by atoms with Gasteiger partial charge in [0.15, 0.2) is 0 Å². The van der Waals surface area contributed by atoms with Crippen molar-refractivity contribution in [2.45, 2.75) is 56.0 Å². The summed E-state index contributed by atoms with van der Waals surface area (Å²) in [5.74, 6) is -19.1. The van der Waals surface area contributed by atoms with Crippen molar-refractivity contribution >= 4 is 0 Å². The number of allylic oxidation sites excluding steroid dienone is 1. The summed E-state index contributed by atoms with van der Waals surface area (Å²) in [6.45, 7) is 2.06. The molecule has 0 spiro atoms. The van der Waals surface area contributed by atoms with Gasteiger partial charge in [0.05, 0.1) is 0 Å². The van der Waals surface area contributed by atoms with Gasteiger partial charge in [0, 0.05) is 0 Å². The Morgan fingerprint density at radius 1 is 0.600 bits per heavy atom. The molecule has 0 radical (unpaired) electrons. The molecule has 0 N–H and O–H groups in total. The average Bonchev–Trinajstić information content (AvgIpc) is 2.85. The van der Waals surface area contributed by atoms with E-state index >= 15 is 0 Å². The van der Waals surface area contributed by atoms with E-state index in [1.165, 1.54) is 32.1 Å². The molecule has 0 bridgehead atoms. The number of rotatable bonds is 3. The molecule has 9 heteroatoms. The van der Waals surface area contributed by atoms with E-state index in [2.05, 4.69) is 6.58 Å². The summed E-state index contributed by atoms with van der Waals surface area (Å²) in [4.78, 5) is 0. The van der Waals surface area contributed by atoms with E-state index in [1.807, 2.05) is 0 Å². The minimum Gasteiger partial charge on any atom is -0.195 e. The molecule has 0 atom stereocenters. The van der Waals surface area contributed by atoms with E-state index in [9.17, 15) is 39.5 Å². The lowest BCUT2D eigenvalue weighted by molar-refractivity contribution is -0.388. The van der Waals surface area contributed by atoms with Gasteiger partial charge in [-0.15, -0.1) is 0 Å². The van der Waals surface area contributed by atoms with Crippen LogP contribution in [0.2, 0.25) is 0 Å². The summed E-state index contributed by atoms with van der Waals surface area (Å²) >= 11 is 0. The molecule has 0 unspecified atom stereocenters. The monoisotopic (exact) mass is 316 g/mol. The Labute approximate surface area is 109 Å². The number of halogens is 9. The predicted octanol–water partition coefficient (Wildman–Crippen LogP) is 5.59. The van der Waals surface area contributed by atoms with Gasteiger partial charge in [0.25, 0.3) is 0 Å². The Hall–Kier alpha value is -0.890. The van der Waals surface area contributed by atoms with Crippen molar-refractivity contribution < 1.29 is 39.5 Å². The third-order valence-corrected chi connectivity index (χ3v) is 2.68. The standard InChI is InChI=1S/C6H3F9.C5H10/c1-2-3(7,8)4(9,10)5(11,12)6(13,14)15;1-2-4-5-3-1/h2H,1H2;1-5H2. The average molecular weight is 316 g/mol. The summed E-state index contributed by atoms with van der Waals surface area (Å²) in [5.41, 5.74) is 0. The minimum atomic E-state index is -6.84. The molecule has 0 heterocycles. The van der Waals surface area contributed by atoms with Gasteiger partial charge in [-0.05, 0) is 6.08 Å².